The summed E-state index contributed by atoms with van der Waals surface area (Å²) in [6, 6.07) is -1.93. The maximum atomic E-state index is 14.0. The number of amides is 3. The van der Waals surface area contributed by atoms with Gasteiger partial charge in [0.1, 0.15) is 23.8 Å². The lowest BCUT2D eigenvalue weighted by atomic mass is 9.69. The Labute approximate surface area is 214 Å². The number of carbonyl (C=O) groups excluding carboxylic acids is 3. The Morgan fingerprint density at radius 2 is 1.81 bits per heavy atom. The van der Waals surface area contributed by atoms with Crippen LogP contribution in [0.15, 0.2) is 11.3 Å². The minimum absolute atomic E-state index is 0.0731. The lowest BCUT2D eigenvalue weighted by molar-refractivity contribution is -0.143. The van der Waals surface area contributed by atoms with Crippen LogP contribution in [0, 0.1) is 23.2 Å². The van der Waals surface area contributed by atoms with Crippen LogP contribution in [0.1, 0.15) is 80.1 Å². The van der Waals surface area contributed by atoms with Crippen molar-refractivity contribution < 1.29 is 24.2 Å². The lowest BCUT2D eigenvalue weighted by Gasteiger charge is -2.43. The van der Waals surface area contributed by atoms with Gasteiger partial charge in [0.2, 0.25) is 11.8 Å². The first-order chi connectivity index (χ1) is 16.7. The molecule has 1 heterocycles. The number of alkyl carbamates (subject to hydrolysis) is 1. The van der Waals surface area contributed by atoms with Crippen molar-refractivity contribution in [2.45, 2.75) is 110 Å². The quantitative estimate of drug-likeness (QED) is 0.465. The van der Waals surface area contributed by atoms with Crippen LogP contribution in [0.3, 0.4) is 0 Å². The van der Waals surface area contributed by atoms with Gasteiger partial charge < -0.3 is 31.1 Å². The molecule has 4 aliphatic rings. The van der Waals surface area contributed by atoms with E-state index in [0.717, 1.165) is 37.7 Å². The Kier molecular flexibility index (Phi) is 7.09. The first kappa shape index (κ1) is 26.8. The number of ether oxygens (including phenoxy) is 1. The average molecular weight is 505 g/mol. The van der Waals surface area contributed by atoms with E-state index in [2.05, 4.69) is 10.6 Å². The van der Waals surface area contributed by atoms with Gasteiger partial charge in [-0.15, -0.1) is 0 Å². The van der Waals surface area contributed by atoms with Crippen molar-refractivity contribution in [1.82, 2.24) is 15.5 Å². The van der Waals surface area contributed by atoms with Crippen molar-refractivity contribution >= 4 is 17.9 Å². The number of nitrogens with zero attached hydrogens (tertiary/aromatic N) is 1. The predicted octanol–water partition coefficient (Wildman–Crippen LogP) is 2.43. The number of likely N-dealkylation sites (tertiary alicyclic amines) is 1. The first-order valence-electron chi connectivity index (χ1n) is 13.4. The summed E-state index contributed by atoms with van der Waals surface area (Å²) in [5, 5.41) is 16.6. The summed E-state index contributed by atoms with van der Waals surface area (Å²) in [7, 11) is 0. The van der Waals surface area contributed by atoms with E-state index in [1.54, 1.807) is 25.7 Å². The van der Waals surface area contributed by atoms with E-state index in [4.69, 9.17) is 10.5 Å². The summed E-state index contributed by atoms with van der Waals surface area (Å²) in [5.74, 6) is 0.146. The van der Waals surface area contributed by atoms with Gasteiger partial charge in [-0.1, -0.05) is 27.2 Å². The molecule has 0 aromatic rings. The topological polar surface area (TPSA) is 134 Å². The van der Waals surface area contributed by atoms with Crippen molar-refractivity contribution in [3.05, 3.63) is 11.3 Å². The molecule has 0 bridgehead atoms. The highest BCUT2D eigenvalue weighted by molar-refractivity contribution is 5.93. The second kappa shape index (κ2) is 9.54. The van der Waals surface area contributed by atoms with E-state index in [0.29, 0.717) is 24.6 Å². The van der Waals surface area contributed by atoms with Gasteiger partial charge in [-0.2, -0.15) is 0 Å². The van der Waals surface area contributed by atoms with Crippen LogP contribution < -0.4 is 16.4 Å². The molecule has 0 radical (unpaired) electrons. The number of aliphatic hydroxyl groups excluding tert-OH is 1. The van der Waals surface area contributed by atoms with Gasteiger partial charge in [0.05, 0.1) is 6.04 Å². The summed E-state index contributed by atoms with van der Waals surface area (Å²) < 4.78 is 5.43. The molecule has 36 heavy (non-hydrogen) atoms. The SMILES string of the molecule is CC(C)(C)OC(=O)N[C@H](C(=O)N1C[C@@H]2CCC[C@@H]2[C@H]1C(=O)NC1CC2CCC2=C(N)C1O)C(C)(C)C. The second-order valence-electron chi connectivity index (χ2n) is 13.2. The van der Waals surface area contributed by atoms with Crippen LogP contribution >= 0.6 is 0 Å². The van der Waals surface area contributed by atoms with Crippen molar-refractivity contribution in [3.8, 4) is 0 Å². The lowest BCUT2D eigenvalue weighted by Crippen LogP contribution is -2.60. The maximum Gasteiger partial charge on any atom is 0.408 e. The van der Waals surface area contributed by atoms with Crippen molar-refractivity contribution in [2.75, 3.05) is 6.54 Å². The summed E-state index contributed by atoms with van der Waals surface area (Å²) in [4.78, 5) is 42.0. The van der Waals surface area contributed by atoms with Crippen molar-refractivity contribution in [1.29, 1.82) is 0 Å². The van der Waals surface area contributed by atoms with E-state index in [-0.39, 0.29) is 23.7 Å². The van der Waals surface area contributed by atoms with Crippen LogP contribution in [0.25, 0.3) is 0 Å². The molecule has 3 amide bonds. The summed E-state index contributed by atoms with van der Waals surface area (Å²) in [5.41, 5.74) is 6.52. The minimum Gasteiger partial charge on any atom is -0.444 e. The second-order valence-corrected chi connectivity index (χ2v) is 13.2. The Balaban J connectivity index is 1.53. The fourth-order valence-electron chi connectivity index (χ4n) is 6.49. The molecule has 202 valence electrons. The van der Waals surface area contributed by atoms with Gasteiger partial charge in [0, 0.05) is 12.2 Å². The number of nitrogens with one attached hydrogen (secondary N) is 2. The number of aliphatic hydroxyl groups is 1. The third-order valence-corrected chi connectivity index (χ3v) is 8.41. The molecule has 1 aliphatic heterocycles. The smallest absolute Gasteiger partial charge is 0.408 e. The molecule has 3 aliphatic carbocycles. The zero-order chi connectivity index (χ0) is 26.6. The molecule has 3 unspecified atom stereocenters. The molecule has 4 rings (SSSR count). The van der Waals surface area contributed by atoms with E-state index in [1.807, 2.05) is 20.8 Å². The summed E-state index contributed by atoms with van der Waals surface area (Å²) >= 11 is 0. The number of rotatable bonds is 4. The Bertz CT molecular complexity index is 933. The molecule has 3 fully saturated rings. The Hall–Kier alpha value is -2.29. The maximum absolute atomic E-state index is 14.0. The molecule has 9 heteroatoms. The fraction of sp³-hybridized carbons (Fsp3) is 0.815. The summed E-state index contributed by atoms with van der Waals surface area (Å²) in [6.07, 6.45) is 3.95. The first-order valence-corrected chi connectivity index (χ1v) is 13.4. The standard InChI is InChI=1S/C27H44N4O5/c1-26(2,3)22(30-25(35)36-27(4,5)6)24(34)31-13-15-8-7-9-17(15)20(31)23(33)29-18-12-14-10-11-16(14)19(28)21(18)32/h14-15,17-18,20-22,32H,7-13,28H2,1-6H3,(H,29,33)(H,30,35)/t14?,15-,17-,18?,20-,21?,22+/m0/s1. The van der Waals surface area contributed by atoms with E-state index < -0.39 is 41.3 Å². The number of hydrogen-bond acceptors (Lipinski definition) is 6. The van der Waals surface area contributed by atoms with Crippen LogP contribution in [0.4, 0.5) is 4.79 Å². The highest BCUT2D eigenvalue weighted by Crippen LogP contribution is 2.45. The number of fused-ring (bicyclic) bond motifs is 2. The Morgan fingerprint density at radius 3 is 2.39 bits per heavy atom. The van der Waals surface area contributed by atoms with Gasteiger partial charge in [0.25, 0.3) is 0 Å². The predicted molar refractivity (Wildman–Crippen MR) is 135 cm³/mol. The fourth-order valence-corrected chi connectivity index (χ4v) is 6.49. The van der Waals surface area contributed by atoms with Gasteiger partial charge in [0.15, 0.2) is 0 Å². The molecular formula is C27H44N4O5. The van der Waals surface area contributed by atoms with Crippen molar-refractivity contribution in [2.24, 2.45) is 28.9 Å². The van der Waals surface area contributed by atoms with Crippen LogP contribution in [0.2, 0.25) is 0 Å². The van der Waals surface area contributed by atoms with Gasteiger partial charge in [-0.05, 0) is 81.6 Å². The van der Waals surface area contributed by atoms with Crippen molar-refractivity contribution in [3.63, 3.8) is 0 Å². The van der Waals surface area contributed by atoms with Crippen LogP contribution in [-0.2, 0) is 14.3 Å². The molecule has 7 atom stereocenters. The molecule has 2 saturated carbocycles. The molecule has 0 spiro atoms. The highest BCUT2D eigenvalue weighted by atomic mass is 16.6. The van der Waals surface area contributed by atoms with Crippen LogP contribution in [0.5, 0.6) is 0 Å². The highest BCUT2D eigenvalue weighted by Gasteiger charge is 2.52. The third-order valence-electron chi connectivity index (χ3n) is 8.41. The number of hydrogen-bond donors (Lipinski definition) is 4. The molecule has 1 saturated heterocycles. The monoisotopic (exact) mass is 504 g/mol. The number of nitrogens with two attached hydrogens (primary N) is 1. The third kappa shape index (κ3) is 5.22. The Morgan fingerprint density at radius 1 is 1.11 bits per heavy atom. The normalized spacial score (nSPS) is 32.8. The van der Waals surface area contributed by atoms with E-state index >= 15 is 0 Å². The average Bonchev–Trinajstić information content (AvgIpc) is 3.31. The molecule has 5 N–H and O–H groups in total. The largest absolute Gasteiger partial charge is 0.444 e. The molecular weight excluding hydrogens is 460 g/mol. The molecule has 0 aromatic carbocycles. The molecule has 9 nitrogen and oxygen atoms in total. The van der Waals surface area contributed by atoms with E-state index in [1.165, 1.54) is 0 Å². The number of allylic oxidation sites excluding steroid dienone is 1. The van der Waals surface area contributed by atoms with E-state index in [9.17, 15) is 19.5 Å². The zero-order valence-electron chi connectivity index (χ0n) is 22.6. The molecule has 0 aromatic heterocycles. The number of carbonyl (C=O) groups is 3. The summed E-state index contributed by atoms with van der Waals surface area (Å²) in [6.45, 7) is 11.5. The zero-order valence-corrected chi connectivity index (χ0v) is 22.6. The van der Waals surface area contributed by atoms with Gasteiger partial charge in [-0.25, -0.2) is 4.79 Å². The van der Waals surface area contributed by atoms with Gasteiger partial charge in [-0.3, -0.25) is 9.59 Å². The van der Waals surface area contributed by atoms with Gasteiger partial charge >= 0.3 is 6.09 Å². The van der Waals surface area contributed by atoms with Crippen LogP contribution in [-0.4, -0.2) is 64.3 Å². The minimum atomic E-state index is -0.901.